The van der Waals surface area contributed by atoms with Gasteiger partial charge in [0.15, 0.2) is 5.76 Å². The average molecular weight is 397 g/mol. The van der Waals surface area contributed by atoms with Crippen LogP contribution in [0.15, 0.2) is 83.5 Å². The molecule has 0 spiro atoms. The van der Waals surface area contributed by atoms with Crippen LogP contribution in [0.1, 0.15) is 29.0 Å². The average Bonchev–Trinajstić information content (AvgIpc) is 3.26. The number of carbonyl (C=O) groups excluding carboxylic acids is 1. The van der Waals surface area contributed by atoms with E-state index >= 15 is 0 Å². The summed E-state index contributed by atoms with van der Waals surface area (Å²) in [6.07, 6.45) is 3.46. The first-order chi connectivity index (χ1) is 13.3. The van der Waals surface area contributed by atoms with Gasteiger partial charge in [-0.25, -0.2) is 0 Å². The number of hydrogen-bond acceptors (Lipinski definition) is 3. The minimum atomic E-state index is -0.0623. The Kier molecular flexibility index (Phi) is 6.90. The first-order valence-electron chi connectivity index (χ1n) is 9.49. The smallest absolute Gasteiger partial charge is 0.294 e. The number of hydrogen-bond donors (Lipinski definition) is 0. The van der Waals surface area contributed by atoms with Gasteiger partial charge in [0.05, 0.1) is 6.26 Å². The fourth-order valence-corrected chi connectivity index (χ4v) is 3.78. The van der Waals surface area contributed by atoms with Crippen LogP contribution in [-0.2, 0) is 6.54 Å². The lowest BCUT2D eigenvalue weighted by Crippen LogP contribution is -2.47. The number of carbonyl (C=O) groups is 1. The molecule has 3 aromatic rings. The molecule has 4 nitrogen and oxygen atoms in total. The molecule has 1 amide bonds. The Morgan fingerprint density at radius 1 is 0.929 bits per heavy atom. The molecule has 1 saturated heterocycles. The van der Waals surface area contributed by atoms with Gasteiger partial charge in [0.25, 0.3) is 5.91 Å². The summed E-state index contributed by atoms with van der Waals surface area (Å²) in [6.45, 7) is 2.92. The lowest BCUT2D eigenvalue weighted by atomic mass is 10.0. The molecule has 0 N–H and O–H groups in total. The summed E-state index contributed by atoms with van der Waals surface area (Å²) < 4.78 is 5.39. The van der Waals surface area contributed by atoms with Crippen molar-refractivity contribution in [2.45, 2.75) is 25.4 Å². The van der Waals surface area contributed by atoms with E-state index in [1.807, 2.05) is 41.3 Å². The van der Waals surface area contributed by atoms with Gasteiger partial charge in [0, 0.05) is 31.4 Å². The summed E-state index contributed by atoms with van der Waals surface area (Å²) in [5.41, 5.74) is 2.27. The van der Waals surface area contributed by atoms with Crippen LogP contribution in [0.25, 0.3) is 0 Å². The van der Waals surface area contributed by atoms with E-state index in [0.717, 1.165) is 38.2 Å². The Labute approximate surface area is 172 Å². The molecule has 5 heteroatoms. The standard InChI is InChI=1S/C23H24N2O2.ClH/c26-23(22-12-7-17-27-22)25(20-10-5-2-6-11-20)21-13-15-24(16-14-21)18-19-8-3-1-4-9-19;/h1-12,17,21H,13-16,18H2;1H. The van der Waals surface area contributed by atoms with E-state index in [9.17, 15) is 4.79 Å². The van der Waals surface area contributed by atoms with E-state index in [2.05, 4.69) is 29.2 Å². The SMILES string of the molecule is Cl.O=C(c1ccco1)N(c1ccccc1)C1CCN(Cc2ccccc2)CC1. The van der Waals surface area contributed by atoms with Crippen molar-refractivity contribution in [2.75, 3.05) is 18.0 Å². The van der Waals surface area contributed by atoms with Gasteiger partial charge < -0.3 is 9.32 Å². The maximum absolute atomic E-state index is 13.1. The van der Waals surface area contributed by atoms with Gasteiger partial charge in [-0.05, 0) is 42.7 Å². The summed E-state index contributed by atoms with van der Waals surface area (Å²) in [5.74, 6) is 0.332. The van der Waals surface area contributed by atoms with Crippen molar-refractivity contribution in [2.24, 2.45) is 0 Å². The topological polar surface area (TPSA) is 36.7 Å². The fraction of sp³-hybridized carbons (Fsp3) is 0.261. The molecule has 2 aromatic carbocycles. The zero-order valence-corrected chi connectivity index (χ0v) is 16.6. The maximum atomic E-state index is 13.1. The summed E-state index contributed by atoms with van der Waals surface area (Å²) in [5, 5.41) is 0. The first kappa shape index (κ1) is 20.2. The van der Waals surface area contributed by atoms with Gasteiger partial charge >= 0.3 is 0 Å². The minimum Gasteiger partial charge on any atom is -0.459 e. The second-order valence-corrected chi connectivity index (χ2v) is 6.98. The second-order valence-electron chi connectivity index (χ2n) is 6.98. The third-order valence-electron chi connectivity index (χ3n) is 5.16. The molecular weight excluding hydrogens is 372 g/mol. The monoisotopic (exact) mass is 396 g/mol. The van der Waals surface area contributed by atoms with Gasteiger partial charge in [-0.2, -0.15) is 0 Å². The summed E-state index contributed by atoms with van der Waals surface area (Å²) in [7, 11) is 0. The van der Waals surface area contributed by atoms with Crippen LogP contribution in [0.3, 0.4) is 0 Å². The van der Waals surface area contributed by atoms with E-state index < -0.39 is 0 Å². The highest BCUT2D eigenvalue weighted by atomic mass is 35.5. The Morgan fingerprint density at radius 2 is 1.57 bits per heavy atom. The van der Waals surface area contributed by atoms with E-state index in [4.69, 9.17) is 4.42 Å². The van der Waals surface area contributed by atoms with Crippen molar-refractivity contribution in [3.63, 3.8) is 0 Å². The molecule has 4 rings (SSSR count). The molecule has 1 aromatic heterocycles. The third-order valence-corrected chi connectivity index (χ3v) is 5.16. The van der Waals surface area contributed by atoms with E-state index in [0.29, 0.717) is 5.76 Å². The van der Waals surface area contributed by atoms with Crippen LogP contribution in [0.2, 0.25) is 0 Å². The molecule has 1 fully saturated rings. The Balaban J connectivity index is 0.00000225. The van der Waals surface area contributed by atoms with Crippen LogP contribution in [-0.4, -0.2) is 29.9 Å². The summed E-state index contributed by atoms with van der Waals surface area (Å²) in [4.78, 5) is 17.5. The number of piperidine rings is 1. The molecular formula is C23H25ClN2O2. The quantitative estimate of drug-likeness (QED) is 0.608. The van der Waals surface area contributed by atoms with Gasteiger partial charge in [-0.3, -0.25) is 9.69 Å². The van der Waals surface area contributed by atoms with Crippen LogP contribution in [0.4, 0.5) is 5.69 Å². The summed E-state index contributed by atoms with van der Waals surface area (Å²) >= 11 is 0. The molecule has 28 heavy (non-hydrogen) atoms. The highest BCUT2D eigenvalue weighted by Crippen LogP contribution is 2.26. The molecule has 146 valence electrons. The molecule has 0 radical (unpaired) electrons. The number of benzene rings is 2. The van der Waals surface area contributed by atoms with E-state index in [1.54, 1.807) is 18.4 Å². The van der Waals surface area contributed by atoms with Crippen molar-refractivity contribution in [1.29, 1.82) is 0 Å². The van der Waals surface area contributed by atoms with Gasteiger partial charge in [0.2, 0.25) is 0 Å². The number of rotatable bonds is 5. The number of halogens is 1. The molecule has 2 heterocycles. The van der Waals surface area contributed by atoms with Gasteiger partial charge in [-0.15, -0.1) is 12.4 Å². The maximum Gasteiger partial charge on any atom is 0.294 e. The third kappa shape index (κ3) is 4.64. The van der Waals surface area contributed by atoms with Crippen molar-refractivity contribution < 1.29 is 9.21 Å². The largest absolute Gasteiger partial charge is 0.459 e. The number of amides is 1. The second kappa shape index (κ2) is 9.58. The molecule has 0 saturated carbocycles. The van der Waals surface area contributed by atoms with Crippen molar-refractivity contribution in [3.05, 3.63) is 90.4 Å². The van der Waals surface area contributed by atoms with Crippen molar-refractivity contribution in [1.82, 2.24) is 4.90 Å². The lowest BCUT2D eigenvalue weighted by Gasteiger charge is -2.38. The van der Waals surface area contributed by atoms with E-state index in [1.165, 1.54) is 5.56 Å². The predicted octanol–water partition coefficient (Wildman–Crippen LogP) is 5.01. The normalized spacial score (nSPS) is 15.0. The highest BCUT2D eigenvalue weighted by Gasteiger charge is 2.30. The van der Waals surface area contributed by atoms with Crippen molar-refractivity contribution >= 4 is 24.0 Å². The zero-order chi connectivity index (χ0) is 18.5. The number of para-hydroxylation sites is 1. The number of furan rings is 1. The fourth-order valence-electron chi connectivity index (χ4n) is 3.78. The van der Waals surface area contributed by atoms with Gasteiger partial charge in [0.1, 0.15) is 0 Å². The van der Waals surface area contributed by atoms with Crippen molar-refractivity contribution in [3.8, 4) is 0 Å². The Morgan fingerprint density at radius 3 is 2.18 bits per heavy atom. The van der Waals surface area contributed by atoms with Crippen LogP contribution < -0.4 is 4.90 Å². The zero-order valence-electron chi connectivity index (χ0n) is 15.7. The highest BCUT2D eigenvalue weighted by molar-refractivity contribution is 6.04. The van der Waals surface area contributed by atoms with Crippen LogP contribution in [0, 0.1) is 0 Å². The summed E-state index contributed by atoms with van der Waals surface area (Å²) in [6, 6.07) is 24.2. The van der Waals surface area contributed by atoms with Gasteiger partial charge in [-0.1, -0.05) is 48.5 Å². The minimum absolute atomic E-state index is 0. The Bertz CT molecular complexity index is 845. The predicted molar refractivity (Wildman–Crippen MR) is 114 cm³/mol. The molecule has 0 aliphatic carbocycles. The van der Waals surface area contributed by atoms with Crippen LogP contribution >= 0.6 is 12.4 Å². The molecule has 0 atom stereocenters. The lowest BCUT2D eigenvalue weighted by molar-refractivity contribution is 0.0932. The molecule has 1 aliphatic rings. The number of likely N-dealkylation sites (tertiary alicyclic amines) is 1. The van der Waals surface area contributed by atoms with E-state index in [-0.39, 0.29) is 24.4 Å². The first-order valence-corrected chi connectivity index (χ1v) is 9.49. The number of nitrogens with zero attached hydrogens (tertiary/aromatic N) is 2. The molecule has 0 unspecified atom stereocenters. The molecule has 1 aliphatic heterocycles. The Hall–Kier alpha value is -2.56. The molecule has 0 bridgehead atoms. The van der Waals surface area contributed by atoms with Crippen LogP contribution in [0.5, 0.6) is 0 Å². The number of anilines is 1.